The van der Waals surface area contributed by atoms with Crippen molar-refractivity contribution in [3.8, 4) is 17.0 Å². The van der Waals surface area contributed by atoms with Crippen LogP contribution >= 0.6 is 15.9 Å². The number of imidazole rings is 1. The monoisotopic (exact) mass is 334 g/mol. The van der Waals surface area contributed by atoms with Crippen LogP contribution in [0.5, 0.6) is 5.75 Å². The van der Waals surface area contributed by atoms with Crippen LogP contribution in [-0.4, -0.2) is 16.5 Å². The molecule has 0 unspecified atom stereocenters. The largest absolute Gasteiger partial charge is 0.494 e. The number of rotatable bonds is 2. The first-order chi connectivity index (χ1) is 9.58. The van der Waals surface area contributed by atoms with Crippen molar-refractivity contribution in [2.75, 3.05) is 7.11 Å². The van der Waals surface area contributed by atoms with Crippen LogP contribution in [0.25, 0.3) is 16.9 Å². The number of ether oxygens (including phenoxy) is 1. The quantitative estimate of drug-likeness (QED) is 0.701. The first-order valence-electron chi connectivity index (χ1n) is 6.07. The second-order valence-corrected chi connectivity index (χ2v) is 5.46. The molecule has 0 fully saturated rings. The summed E-state index contributed by atoms with van der Waals surface area (Å²) < 4.78 is 21.6. The van der Waals surface area contributed by atoms with E-state index in [0.717, 1.165) is 26.9 Å². The number of benzene rings is 1. The number of hydrogen-bond acceptors (Lipinski definition) is 2. The van der Waals surface area contributed by atoms with Crippen LogP contribution in [0.4, 0.5) is 4.39 Å². The number of fused-ring (bicyclic) bond motifs is 1. The van der Waals surface area contributed by atoms with Gasteiger partial charge in [0, 0.05) is 22.4 Å². The molecule has 3 rings (SSSR count). The maximum Gasteiger partial charge on any atom is 0.165 e. The Morgan fingerprint density at radius 2 is 2.05 bits per heavy atom. The van der Waals surface area contributed by atoms with Gasteiger partial charge in [-0.15, -0.1) is 0 Å². The second kappa shape index (κ2) is 4.90. The van der Waals surface area contributed by atoms with Crippen LogP contribution in [0.15, 0.2) is 41.1 Å². The van der Waals surface area contributed by atoms with Gasteiger partial charge in [0.05, 0.1) is 12.8 Å². The highest BCUT2D eigenvalue weighted by Gasteiger charge is 2.10. The Kier molecular flexibility index (Phi) is 3.22. The molecule has 0 bridgehead atoms. The molecule has 0 N–H and O–H groups in total. The van der Waals surface area contributed by atoms with E-state index in [1.165, 1.54) is 13.2 Å². The van der Waals surface area contributed by atoms with Crippen molar-refractivity contribution in [1.82, 2.24) is 9.38 Å². The van der Waals surface area contributed by atoms with Gasteiger partial charge in [0.15, 0.2) is 11.6 Å². The van der Waals surface area contributed by atoms with E-state index < -0.39 is 0 Å². The van der Waals surface area contributed by atoms with Gasteiger partial charge < -0.3 is 9.14 Å². The van der Waals surface area contributed by atoms with E-state index in [9.17, 15) is 4.39 Å². The van der Waals surface area contributed by atoms with Gasteiger partial charge in [0.1, 0.15) is 5.65 Å². The van der Waals surface area contributed by atoms with Crippen molar-refractivity contribution < 1.29 is 9.13 Å². The van der Waals surface area contributed by atoms with E-state index >= 15 is 0 Å². The van der Waals surface area contributed by atoms with Crippen molar-refractivity contribution in [3.05, 3.63) is 52.5 Å². The summed E-state index contributed by atoms with van der Waals surface area (Å²) in [6.45, 7) is 1.99. The van der Waals surface area contributed by atoms with Gasteiger partial charge in [-0.2, -0.15) is 0 Å². The summed E-state index contributed by atoms with van der Waals surface area (Å²) in [5.41, 5.74) is 3.37. The minimum atomic E-state index is -0.389. The zero-order valence-corrected chi connectivity index (χ0v) is 12.6. The van der Waals surface area contributed by atoms with E-state index in [-0.39, 0.29) is 11.6 Å². The standard InChI is InChI=1S/C15H12BrFN2O/c1-9-5-11(16)7-19-8-13(18-15(9)19)10-3-4-14(20-2)12(17)6-10/h3-8H,1-2H3. The summed E-state index contributed by atoms with van der Waals surface area (Å²) in [7, 11) is 1.45. The second-order valence-electron chi connectivity index (χ2n) is 4.55. The van der Waals surface area contributed by atoms with Crippen molar-refractivity contribution in [2.45, 2.75) is 6.92 Å². The van der Waals surface area contributed by atoms with Crippen LogP contribution in [0, 0.1) is 12.7 Å². The lowest BCUT2D eigenvalue weighted by Crippen LogP contribution is -1.88. The lowest BCUT2D eigenvalue weighted by molar-refractivity contribution is 0.386. The zero-order chi connectivity index (χ0) is 14.3. The Bertz CT molecular complexity index is 798. The highest BCUT2D eigenvalue weighted by molar-refractivity contribution is 9.10. The van der Waals surface area contributed by atoms with Gasteiger partial charge >= 0.3 is 0 Å². The molecule has 0 spiro atoms. The summed E-state index contributed by atoms with van der Waals surface area (Å²) in [6, 6.07) is 6.84. The third-order valence-corrected chi connectivity index (χ3v) is 3.58. The third-order valence-electron chi connectivity index (χ3n) is 3.15. The van der Waals surface area contributed by atoms with Crippen LogP contribution in [0.3, 0.4) is 0 Å². The topological polar surface area (TPSA) is 26.5 Å². The van der Waals surface area contributed by atoms with Gasteiger partial charge in [0.25, 0.3) is 0 Å². The van der Waals surface area contributed by atoms with Crippen LogP contribution in [0.1, 0.15) is 5.56 Å². The van der Waals surface area contributed by atoms with Crippen molar-refractivity contribution in [3.63, 3.8) is 0 Å². The molecule has 102 valence electrons. The number of aryl methyl sites for hydroxylation is 1. The number of pyridine rings is 1. The Morgan fingerprint density at radius 3 is 2.75 bits per heavy atom. The first kappa shape index (κ1) is 13.1. The Labute approximate surface area is 124 Å². The molecule has 0 saturated heterocycles. The minimum absolute atomic E-state index is 0.233. The number of hydrogen-bond donors (Lipinski definition) is 0. The Hall–Kier alpha value is -1.88. The molecule has 5 heteroatoms. The van der Waals surface area contributed by atoms with E-state index in [0.29, 0.717) is 0 Å². The zero-order valence-electron chi connectivity index (χ0n) is 11.0. The average Bonchev–Trinajstić information content (AvgIpc) is 2.82. The molecule has 0 aliphatic heterocycles. The molecule has 1 aromatic carbocycles. The van der Waals surface area contributed by atoms with Crippen LogP contribution in [0.2, 0.25) is 0 Å². The van der Waals surface area contributed by atoms with Crippen molar-refractivity contribution in [2.24, 2.45) is 0 Å². The number of halogens is 2. The molecule has 2 heterocycles. The smallest absolute Gasteiger partial charge is 0.165 e. The fourth-order valence-electron chi connectivity index (χ4n) is 2.19. The number of aromatic nitrogens is 2. The van der Waals surface area contributed by atoms with Gasteiger partial charge in [-0.3, -0.25) is 0 Å². The highest BCUT2D eigenvalue weighted by Crippen LogP contribution is 2.26. The van der Waals surface area contributed by atoms with Gasteiger partial charge in [0.2, 0.25) is 0 Å². The van der Waals surface area contributed by atoms with Gasteiger partial charge in [-0.05, 0) is 52.7 Å². The molecule has 2 aromatic heterocycles. The van der Waals surface area contributed by atoms with E-state index in [2.05, 4.69) is 20.9 Å². The molecule has 3 nitrogen and oxygen atoms in total. The highest BCUT2D eigenvalue weighted by atomic mass is 79.9. The number of methoxy groups -OCH3 is 1. The lowest BCUT2D eigenvalue weighted by atomic mass is 10.1. The maximum atomic E-state index is 13.8. The van der Waals surface area contributed by atoms with Crippen molar-refractivity contribution in [1.29, 1.82) is 0 Å². The van der Waals surface area contributed by atoms with E-state index in [1.807, 2.05) is 29.8 Å². The molecular weight excluding hydrogens is 323 g/mol. The van der Waals surface area contributed by atoms with Gasteiger partial charge in [-0.1, -0.05) is 0 Å². The molecule has 0 aliphatic rings. The normalized spacial score (nSPS) is 11.0. The molecule has 20 heavy (non-hydrogen) atoms. The van der Waals surface area contributed by atoms with Crippen LogP contribution in [-0.2, 0) is 0 Å². The molecule has 0 amide bonds. The maximum absolute atomic E-state index is 13.8. The lowest BCUT2D eigenvalue weighted by Gasteiger charge is -2.02. The fraction of sp³-hybridized carbons (Fsp3) is 0.133. The Balaban J connectivity index is 2.15. The predicted molar refractivity (Wildman–Crippen MR) is 79.6 cm³/mol. The molecular formula is C15H12BrFN2O. The Morgan fingerprint density at radius 1 is 1.25 bits per heavy atom. The molecule has 0 radical (unpaired) electrons. The summed E-state index contributed by atoms with van der Waals surface area (Å²) in [5.74, 6) is -0.156. The number of nitrogens with zero attached hydrogens (tertiary/aromatic N) is 2. The van der Waals surface area contributed by atoms with E-state index in [1.54, 1.807) is 12.1 Å². The molecule has 0 saturated carbocycles. The summed E-state index contributed by atoms with van der Waals surface area (Å²) in [6.07, 6.45) is 3.81. The summed E-state index contributed by atoms with van der Waals surface area (Å²) in [5, 5.41) is 0. The first-order valence-corrected chi connectivity index (χ1v) is 6.86. The van der Waals surface area contributed by atoms with Crippen molar-refractivity contribution >= 4 is 21.6 Å². The SMILES string of the molecule is COc1ccc(-c2cn3cc(Br)cc(C)c3n2)cc1F. The van der Waals surface area contributed by atoms with Gasteiger partial charge in [-0.25, -0.2) is 9.37 Å². The minimum Gasteiger partial charge on any atom is -0.494 e. The van der Waals surface area contributed by atoms with Crippen LogP contribution < -0.4 is 4.74 Å². The molecule has 3 aromatic rings. The fourth-order valence-corrected chi connectivity index (χ4v) is 2.75. The predicted octanol–water partition coefficient (Wildman–Crippen LogP) is 4.22. The summed E-state index contributed by atoms with van der Waals surface area (Å²) in [4.78, 5) is 4.55. The average molecular weight is 335 g/mol. The summed E-state index contributed by atoms with van der Waals surface area (Å²) >= 11 is 3.45. The van der Waals surface area contributed by atoms with E-state index in [4.69, 9.17) is 4.74 Å². The molecule has 0 aliphatic carbocycles. The third kappa shape index (κ3) is 2.18. The molecule has 0 atom stereocenters.